The molecule has 1 aliphatic rings. The van der Waals surface area contributed by atoms with Crippen molar-refractivity contribution in [3.05, 3.63) is 0 Å². The standard InChI is InChI=1S/C13H24N6O/c1-6-14-11-15-12(17-13(16-11)20-5)19-7-9(2)10(8-19)18(3)4/h9-10H,6-8H2,1-5H3,(H,14,15,16,17). The number of methoxy groups -OCH3 is 1. The highest BCUT2D eigenvalue weighted by atomic mass is 16.5. The molecule has 2 heterocycles. The van der Waals surface area contributed by atoms with E-state index in [1.54, 1.807) is 7.11 Å². The van der Waals surface area contributed by atoms with Gasteiger partial charge in [0.1, 0.15) is 0 Å². The fourth-order valence-electron chi connectivity index (χ4n) is 2.60. The molecule has 1 aromatic rings. The first-order valence-corrected chi connectivity index (χ1v) is 7.00. The van der Waals surface area contributed by atoms with E-state index in [2.05, 4.69) is 51.1 Å². The number of anilines is 2. The van der Waals surface area contributed by atoms with Crippen LogP contribution in [0.2, 0.25) is 0 Å². The molecule has 7 nitrogen and oxygen atoms in total. The van der Waals surface area contributed by atoms with Gasteiger partial charge in [0.05, 0.1) is 7.11 Å². The van der Waals surface area contributed by atoms with Gasteiger partial charge in [-0.25, -0.2) is 0 Å². The molecule has 0 radical (unpaired) electrons. The number of hydrogen-bond donors (Lipinski definition) is 1. The molecule has 0 bridgehead atoms. The highest BCUT2D eigenvalue weighted by Crippen LogP contribution is 2.25. The Bertz CT molecular complexity index is 452. The Morgan fingerprint density at radius 2 is 2.05 bits per heavy atom. The molecule has 7 heteroatoms. The minimum Gasteiger partial charge on any atom is -0.467 e. The lowest BCUT2D eigenvalue weighted by Gasteiger charge is -2.22. The molecule has 1 saturated heterocycles. The Labute approximate surface area is 120 Å². The Morgan fingerprint density at radius 1 is 1.30 bits per heavy atom. The number of rotatable bonds is 5. The maximum atomic E-state index is 5.16. The molecule has 0 saturated carbocycles. The number of likely N-dealkylation sites (N-methyl/N-ethyl adjacent to an activating group) is 1. The van der Waals surface area contributed by atoms with Crippen molar-refractivity contribution in [3.63, 3.8) is 0 Å². The first kappa shape index (κ1) is 14.8. The summed E-state index contributed by atoms with van der Waals surface area (Å²) in [4.78, 5) is 17.5. The van der Waals surface area contributed by atoms with E-state index in [1.807, 2.05) is 6.92 Å². The lowest BCUT2D eigenvalue weighted by atomic mass is 10.1. The Kier molecular flexibility index (Phi) is 4.59. The van der Waals surface area contributed by atoms with Crippen LogP contribution in [-0.2, 0) is 0 Å². The Morgan fingerprint density at radius 3 is 2.60 bits per heavy atom. The van der Waals surface area contributed by atoms with Gasteiger partial charge in [0.2, 0.25) is 11.9 Å². The number of aromatic nitrogens is 3. The smallest absolute Gasteiger partial charge is 0.322 e. The minimum absolute atomic E-state index is 0.354. The molecular weight excluding hydrogens is 256 g/mol. The molecule has 112 valence electrons. The van der Waals surface area contributed by atoms with Crippen molar-refractivity contribution in [2.45, 2.75) is 19.9 Å². The van der Waals surface area contributed by atoms with Gasteiger partial charge < -0.3 is 19.9 Å². The third-order valence-corrected chi connectivity index (χ3v) is 3.64. The average Bonchev–Trinajstić information content (AvgIpc) is 2.81. The van der Waals surface area contributed by atoms with Gasteiger partial charge >= 0.3 is 6.01 Å². The van der Waals surface area contributed by atoms with Crippen LogP contribution in [0, 0.1) is 5.92 Å². The summed E-state index contributed by atoms with van der Waals surface area (Å²) in [6.07, 6.45) is 0. The molecule has 0 aromatic carbocycles. The fourth-order valence-corrected chi connectivity index (χ4v) is 2.60. The van der Waals surface area contributed by atoms with Crippen LogP contribution in [0.4, 0.5) is 11.9 Å². The van der Waals surface area contributed by atoms with Crippen LogP contribution in [-0.4, -0.2) is 66.7 Å². The van der Waals surface area contributed by atoms with E-state index in [0.29, 0.717) is 29.9 Å². The fraction of sp³-hybridized carbons (Fsp3) is 0.769. The third kappa shape index (κ3) is 3.09. The van der Waals surface area contributed by atoms with Gasteiger partial charge in [0.15, 0.2) is 0 Å². The zero-order chi connectivity index (χ0) is 14.7. The van der Waals surface area contributed by atoms with Gasteiger partial charge in [-0.15, -0.1) is 0 Å². The lowest BCUT2D eigenvalue weighted by molar-refractivity contribution is 0.266. The molecule has 1 fully saturated rings. The first-order valence-electron chi connectivity index (χ1n) is 7.00. The van der Waals surface area contributed by atoms with E-state index in [0.717, 1.165) is 19.6 Å². The van der Waals surface area contributed by atoms with Crippen molar-refractivity contribution in [1.29, 1.82) is 0 Å². The van der Waals surface area contributed by atoms with Crippen LogP contribution in [0.25, 0.3) is 0 Å². The largest absolute Gasteiger partial charge is 0.467 e. The molecule has 1 aliphatic heterocycles. The SMILES string of the molecule is CCNc1nc(OC)nc(N2CC(C)C(N(C)C)C2)n1. The van der Waals surface area contributed by atoms with E-state index < -0.39 is 0 Å². The average molecular weight is 280 g/mol. The topological polar surface area (TPSA) is 66.4 Å². The lowest BCUT2D eigenvalue weighted by Crippen LogP contribution is -2.34. The molecule has 20 heavy (non-hydrogen) atoms. The van der Waals surface area contributed by atoms with E-state index in [9.17, 15) is 0 Å². The molecule has 2 unspecified atom stereocenters. The van der Waals surface area contributed by atoms with Crippen molar-refractivity contribution in [2.75, 3.05) is 51.1 Å². The van der Waals surface area contributed by atoms with Gasteiger partial charge in [-0.1, -0.05) is 6.92 Å². The summed E-state index contributed by atoms with van der Waals surface area (Å²) in [7, 11) is 5.80. The van der Waals surface area contributed by atoms with Crippen molar-refractivity contribution >= 4 is 11.9 Å². The minimum atomic E-state index is 0.354. The maximum Gasteiger partial charge on any atom is 0.322 e. The van der Waals surface area contributed by atoms with Crippen LogP contribution in [0.5, 0.6) is 6.01 Å². The molecular formula is C13H24N6O. The summed E-state index contributed by atoms with van der Waals surface area (Å²) in [5.74, 6) is 1.83. The molecule has 1 N–H and O–H groups in total. The molecule has 0 aliphatic carbocycles. The van der Waals surface area contributed by atoms with Gasteiger partial charge in [0, 0.05) is 25.7 Å². The monoisotopic (exact) mass is 280 g/mol. The van der Waals surface area contributed by atoms with Crippen LogP contribution >= 0.6 is 0 Å². The van der Waals surface area contributed by atoms with Crippen LogP contribution in [0.1, 0.15) is 13.8 Å². The number of nitrogens with zero attached hydrogens (tertiary/aromatic N) is 5. The summed E-state index contributed by atoms with van der Waals surface area (Å²) in [6.45, 7) is 6.90. The first-order chi connectivity index (χ1) is 9.55. The van der Waals surface area contributed by atoms with Crippen molar-refractivity contribution in [2.24, 2.45) is 5.92 Å². The van der Waals surface area contributed by atoms with E-state index in [1.165, 1.54) is 0 Å². The van der Waals surface area contributed by atoms with Crippen molar-refractivity contribution in [3.8, 4) is 6.01 Å². The quantitative estimate of drug-likeness (QED) is 0.851. The highest BCUT2D eigenvalue weighted by molar-refractivity contribution is 5.40. The predicted molar refractivity (Wildman–Crippen MR) is 79.4 cm³/mol. The molecule has 2 atom stereocenters. The third-order valence-electron chi connectivity index (χ3n) is 3.64. The molecule has 1 aromatic heterocycles. The van der Waals surface area contributed by atoms with Gasteiger partial charge in [-0.3, -0.25) is 0 Å². The number of ether oxygens (including phenoxy) is 1. The molecule has 2 rings (SSSR count). The second-order valence-corrected chi connectivity index (χ2v) is 5.39. The van der Waals surface area contributed by atoms with Gasteiger partial charge in [-0.05, 0) is 26.9 Å². The van der Waals surface area contributed by atoms with E-state index in [4.69, 9.17) is 4.74 Å². The van der Waals surface area contributed by atoms with Crippen molar-refractivity contribution in [1.82, 2.24) is 19.9 Å². The number of nitrogens with one attached hydrogen (secondary N) is 1. The molecule has 0 spiro atoms. The zero-order valence-corrected chi connectivity index (χ0v) is 12.9. The second kappa shape index (κ2) is 6.21. The second-order valence-electron chi connectivity index (χ2n) is 5.39. The Balaban J connectivity index is 2.22. The predicted octanol–water partition coefficient (Wildman–Crippen LogP) is 0.698. The summed E-state index contributed by atoms with van der Waals surface area (Å²) >= 11 is 0. The maximum absolute atomic E-state index is 5.16. The molecule has 0 amide bonds. The van der Waals surface area contributed by atoms with Gasteiger partial charge in [-0.2, -0.15) is 15.0 Å². The van der Waals surface area contributed by atoms with Crippen LogP contribution < -0.4 is 15.0 Å². The summed E-state index contributed by atoms with van der Waals surface area (Å²) in [5.41, 5.74) is 0. The van der Waals surface area contributed by atoms with E-state index in [-0.39, 0.29) is 0 Å². The zero-order valence-electron chi connectivity index (χ0n) is 12.9. The normalized spacial score (nSPS) is 22.4. The van der Waals surface area contributed by atoms with Crippen LogP contribution in [0.15, 0.2) is 0 Å². The summed E-state index contributed by atoms with van der Waals surface area (Å²) in [5, 5.41) is 3.11. The van der Waals surface area contributed by atoms with Crippen LogP contribution in [0.3, 0.4) is 0 Å². The summed E-state index contributed by atoms with van der Waals surface area (Å²) in [6, 6.07) is 0.868. The summed E-state index contributed by atoms with van der Waals surface area (Å²) < 4.78 is 5.16. The van der Waals surface area contributed by atoms with Crippen molar-refractivity contribution < 1.29 is 4.74 Å². The van der Waals surface area contributed by atoms with Gasteiger partial charge in [0.25, 0.3) is 0 Å². The number of hydrogen-bond acceptors (Lipinski definition) is 7. The Hall–Kier alpha value is -1.63. The van der Waals surface area contributed by atoms with E-state index >= 15 is 0 Å². The highest BCUT2D eigenvalue weighted by Gasteiger charge is 2.32.